The summed E-state index contributed by atoms with van der Waals surface area (Å²) < 4.78 is 71.2. The molecule has 3 aromatic carbocycles. The standard InChI is InChI=1S/C28H16F3N5O3S/c29-17-2-1-3-18(12-17)40(38,39)36-23-7-5-21(30)25(26(23)31)27(37)20-14-35-28-19(20)10-16(13-34-28)15-4-6-22-24(11-15)33-9-8-32-22/h1-14,36H,(H,34,35). The Morgan fingerprint density at radius 1 is 0.850 bits per heavy atom. The van der Waals surface area contributed by atoms with Gasteiger partial charge in [-0.3, -0.25) is 19.5 Å². The molecule has 0 bridgehead atoms. The molecule has 0 amide bonds. The first-order valence-electron chi connectivity index (χ1n) is 11.7. The number of anilines is 1. The van der Waals surface area contributed by atoms with E-state index in [-0.39, 0.29) is 5.56 Å². The van der Waals surface area contributed by atoms with Gasteiger partial charge in [0, 0.05) is 41.3 Å². The molecule has 12 heteroatoms. The topological polar surface area (TPSA) is 118 Å². The molecule has 6 aromatic rings. The van der Waals surface area contributed by atoms with Crippen LogP contribution in [0.3, 0.4) is 0 Å². The van der Waals surface area contributed by atoms with Gasteiger partial charge >= 0.3 is 0 Å². The van der Waals surface area contributed by atoms with E-state index in [1.54, 1.807) is 36.8 Å². The second-order valence-electron chi connectivity index (χ2n) is 8.76. The number of ketones is 1. The van der Waals surface area contributed by atoms with Crippen LogP contribution >= 0.6 is 0 Å². The molecule has 2 N–H and O–H groups in total. The highest BCUT2D eigenvalue weighted by molar-refractivity contribution is 7.92. The van der Waals surface area contributed by atoms with Crippen molar-refractivity contribution in [2.24, 2.45) is 0 Å². The zero-order valence-electron chi connectivity index (χ0n) is 20.2. The van der Waals surface area contributed by atoms with Gasteiger partial charge in [-0.05, 0) is 54.1 Å². The molecule has 0 aliphatic heterocycles. The number of carbonyl (C=O) groups excluding carboxylic acids is 1. The summed E-state index contributed by atoms with van der Waals surface area (Å²) in [4.78, 5) is 28.6. The monoisotopic (exact) mass is 559 g/mol. The summed E-state index contributed by atoms with van der Waals surface area (Å²) in [6, 6.07) is 12.7. The Kier molecular flexibility index (Phi) is 6.03. The minimum absolute atomic E-state index is 0.0760. The van der Waals surface area contributed by atoms with E-state index in [2.05, 4.69) is 19.9 Å². The Morgan fingerprint density at radius 3 is 2.45 bits per heavy atom. The molecule has 3 aromatic heterocycles. The molecule has 40 heavy (non-hydrogen) atoms. The van der Waals surface area contributed by atoms with Gasteiger partial charge in [0.15, 0.2) is 5.82 Å². The van der Waals surface area contributed by atoms with E-state index in [1.807, 2.05) is 10.8 Å². The maximum absolute atomic E-state index is 15.5. The van der Waals surface area contributed by atoms with Crippen LogP contribution in [0.25, 0.3) is 33.2 Å². The zero-order valence-corrected chi connectivity index (χ0v) is 21.0. The fourth-order valence-electron chi connectivity index (χ4n) is 4.30. The van der Waals surface area contributed by atoms with E-state index in [0.717, 1.165) is 35.9 Å². The number of nitrogens with one attached hydrogen (secondary N) is 2. The number of nitrogens with zero attached hydrogens (tertiary/aromatic N) is 3. The van der Waals surface area contributed by atoms with Gasteiger partial charge in [-0.2, -0.15) is 0 Å². The van der Waals surface area contributed by atoms with Gasteiger partial charge in [-0.15, -0.1) is 0 Å². The predicted octanol–water partition coefficient (Wildman–Crippen LogP) is 5.62. The van der Waals surface area contributed by atoms with Gasteiger partial charge in [0.25, 0.3) is 10.0 Å². The number of halogens is 3. The quantitative estimate of drug-likeness (QED) is 0.256. The van der Waals surface area contributed by atoms with Crippen LogP contribution in [-0.2, 0) is 10.0 Å². The highest BCUT2D eigenvalue weighted by Gasteiger charge is 2.26. The molecule has 0 radical (unpaired) electrons. The van der Waals surface area contributed by atoms with Crippen molar-refractivity contribution in [3.63, 3.8) is 0 Å². The lowest BCUT2D eigenvalue weighted by molar-refractivity contribution is 0.103. The van der Waals surface area contributed by atoms with Crippen LogP contribution in [-0.4, -0.2) is 34.1 Å². The Labute approximate surface area is 224 Å². The lowest BCUT2D eigenvalue weighted by Crippen LogP contribution is -2.16. The van der Waals surface area contributed by atoms with Crippen molar-refractivity contribution in [3.8, 4) is 11.1 Å². The molecule has 0 aliphatic carbocycles. The van der Waals surface area contributed by atoms with Crippen molar-refractivity contribution in [1.82, 2.24) is 19.9 Å². The van der Waals surface area contributed by atoms with E-state index in [9.17, 15) is 22.0 Å². The first kappa shape index (κ1) is 25.2. The number of hydrogen-bond acceptors (Lipinski definition) is 6. The molecular formula is C28H16F3N5O3S. The van der Waals surface area contributed by atoms with Crippen LogP contribution in [0.5, 0.6) is 0 Å². The van der Waals surface area contributed by atoms with Crippen LogP contribution < -0.4 is 4.72 Å². The minimum atomic E-state index is -4.44. The number of sulfonamides is 1. The molecule has 0 saturated heterocycles. The van der Waals surface area contributed by atoms with Crippen molar-refractivity contribution in [2.75, 3.05) is 4.72 Å². The second kappa shape index (κ2) is 9.58. The summed E-state index contributed by atoms with van der Waals surface area (Å²) >= 11 is 0. The molecule has 198 valence electrons. The number of hydrogen-bond donors (Lipinski definition) is 2. The van der Waals surface area contributed by atoms with Gasteiger partial charge in [0.05, 0.1) is 27.2 Å². The first-order chi connectivity index (χ1) is 19.2. The molecule has 0 aliphatic rings. The molecule has 0 saturated carbocycles. The normalized spacial score (nSPS) is 11.7. The third-order valence-electron chi connectivity index (χ3n) is 6.25. The molecule has 0 atom stereocenters. The van der Waals surface area contributed by atoms with E-state index in [4.69, 9.17) is 0 Å². The SMILES string of the molecule is O=C(c1c(F)ccc(NS(=O)(=O)c2cccc(F)c2)c1F)c1c[nH]c2ncc(-c3ccc4nccnc4c3)cc12. The van der Waals surface area contributed by atoms with Crippen molar-refractivity contribution < 1.29 is 26.4 Å². The summed E-state index contributed by atoms with van der Waals surface area (Å²) in [5.41, 5.74) is 1.27. The highest BCUT2D eigenvalue weighted by Crippen LogP contribution is 2.31. The number of pyridine rings is 1. The summed E-state index contributed by atoms with van der Waals surface area (Å²) in [6.45, 7) is 0. The van der Waals surface area contributed by atoms with Crippen molar-refractivity contribution in [3.05, 3.63) is 114 Å². The third kappa shape index (κ3) is 4.43. The molecule has 3 heterocycles. The van der Waals surface area contributed by atoms with Gasteiger partial charge in [-0.25, -0.2) is 26.6 Å². The third-order valence-corrected chi connectivity index (χ3v) is 7.61. The van der Waals surface area contributed by atoms with Crippen LogP contribution in [0.4, 0.5) is 18.9 Å². The Balaban J connectivity index is 1.39. The predicted molar refractivity (Wildman–Crippen MR) is 142 cm³/mol. The number of rotatable bonds is 6. The van der Waals surface area contributed by atoms with Gasteiger partial charge < -0.3 is 4.98 Å². The van der Waals surface area contributed by atoms with Gasteiger partial charge in [-0.1, -0.05) is 12.1 Å². The van der Waals surface area contributed by atoms with E-state index in [1.165, 1.54) is 12.3 Å². The molecule has 0 fully saturated rings. The first-order valence-corrected chi connectivity index (χ1v) is 13.2. The highest BCUT2D eigenvalue weighted by atomic mass is 32.2. The maximum atomic E-state index is 15.5. The Bertz CT molecular complexity index is 2080. The summed E-state index contributed by atoms with van der Waals surface area (Å²) in [7, 11) is -4.44. The van der Waals surface area contributed by atoms with E-state index >= 15 is 4.39 Å². The number of aromatic amines is 1. The average Bonchev–Trinajstić information content (AvgIpc) is 3.38. The molecule has 0 spiro atoms. The largest absolute Gasteiger partial charge is 0.345 e. The van der Waals surface area contributed by atoms with Crippen LogP contribution in [0.2, 0.25) is 0 Å². The minimum Gasteiger partial charge on any atom is -0.345 e. The summed E-state index contributed by atoms with van der Waals surface area (Å²) in [6.07, 6.45) is 5.99. The maximum Gasteiger partial charge on any atom is 0.262 e. The molecule has 0 unspecified atom stereocenters. The fraction of sp³-hybridized carbons (Fsp3) is 0. The fourth-order valence-corrected chi connectivity index (χ4v) is 5.39. The smallest absolute Gasteiger partial charge is 0.262 e. The second-order valence-corrected chi connectivity index (χ2v) is 10.4. The average molecular weight is 560 g/mol. The van der Waals surface area contributed by atoms with E-state index in [0.29, 0.717) is 27.6 Å². The summed E-state index contributed by atoms with van der Waals surface area (Å²) in [5, 5.41) is 0.297. The lowest BCUT2D eigenvalue weighted by Gasteiger charge is -2.12. The number of fused-ring (bicyclic) bond motifs is 2. The van der Waals surface area contributed by atoms with Crippen LogP contribution in [0, 0.1) is 17.5 Å². The molecular weight excluding hydrogens is 543 g/mol. The lowest BCUT2D eigenvalue weighted by atomic mass is 9.99. The van der Waals surface area contributed by atoms with Crippen molar-refractivity contribution >= 4 is 43.6 Å². The Hall–Kier alpha value is -5.10. The number of carbonyl (C=O) groups is 1. The number of benzene rings is 3. The van der Waals surface area contributed by atoms with Crippen molar-refractivity contribution in [1.29, 1.82) is 0 Å². The summed E-state index contributed by atoms with van der Waals surface area (Å²) in [5.74, 6) is -4.46. The molecule has 8 nitrogen and oxygen atoms in total. The van der Waals surface area contributed by atoms with Crippen LogP contribution in [0.15, 0.2) is 90.3 Å². The van der Waals surface area contributed by atoms with Crippen LogP contribution in [0.1, 0.15) is 15.9 Å². The zero-order chi connectivity index (χ0) is 28.0. The van der Waals surface area contributed by atoms with E-state index < -0.39 is 49.4 Å². The Morgan fingerprint density at radius 2 is 1.65 bits per heavy atom. The van der Waals surface area contributed by atoms with Crippen molar-refractivity contribution in [2.45, 2.75) is 4.90 Å². The molecule has 6 rings (SSSR count). The number of aromatic nitrogens is 4. The van der Waals surface area contributed by atoms with Gasteiger partial charge in [0.2, 0.25) is 5.78 Å². The van der Waals surface area contributed by atoms with Gasteiger partial charge in [0.1, 0.15) is 17.3 Å². The number of H-pyrrole nitrogens is 1.